The van der Waals surface area contributed by atoms with E-state index in [1.54, 1.807) is 176 Å². The molecule has 0 aliphatic heterocycles. The summed E-state index contributed by atoms with van der Waals surface area (Å²) in [5.41, 5.74) is 5.81. The fourth-order valence-electron chi connectivity index (χ4n) is 11.4. The Morgan fingerprint density at radius 1 is 0.347 bits per heavy atom. The van der Waals surface area contributed by atoms with E-state index in [-0.39, 0.29) is 29.3 Å². The standard InChI is InChI=1S/C24H24BrN3O5.C22H22BrN3O5.C21H22BrN3O5.C19H19BrN4O3/c1-30-20-11-16(12-21(31-2)22(20)32-3)27-24-26-13-17(25)23(28-24)33-19-7-5-4-6-15(19)10-18(29)14-8-9-14;1-5-16(27)14-8-6-7-9-17(14)31-21-15(23)12-24-22(26-21)25-13-10-18(28-2)20(30-4)19(11-13)29-3;1-26-12-13-7-5-6-8-16(13)30-20-15(22)11-23-21(25-20)24-14-9-17(27-2)19(29-4)18(10-14)28-3;1-25-15-9-13(10-16(26-2)17(15)27-3)23-19-21-11-14(20)18(24-19)22-12-7-5-4-6-8-12/h4-7,11-14H,8-10H2,1-3H3,(H,26,27,28);6-12H,5H2,1-4H3,(H,24,25,26);5-11H,12H2,1-4H3,(H,23,24,25);4-11H,1-3H3,(H2,21,22,23,24). The van der Waals surface area contributed by atoms with Gasteiger partial charge in [0.05, 0.1) is 134 Å². The molecule has 4 aromatic heterocycles. The van der Waals surface area contributed by atoms with Crippen LogP contribution in [0.2, 0.25) is 0 Å². The van der Waals surface area contributed by atoms with Crippen LogP contribution in [-0.2, 0) is 22.6 Å². The number of hydrogen-bond acceptors (Lipinski definition) is 31. The molecule has 0 amide bonds. The van der Waals surface area contributed by atoms with Gasteiger partial charge in [-0.1, -0.05) is 73.7 Å². The monoisotopic (exact) mass is 1910 g/mol. The SMILES string of the molecule is CCC(=O)c1ccccc1Oc1nc(Nc2cc(OC)c(OC)c(OC)c2)ncc1Br.COCc1ccccc1Oc1nc(Nc2cc(OC)c(OC)c(OC)c2)ncc1Br.COc1cc(Nc2ncc(Br)c(Nc3ccccc3)n2)cc(OC)c1OC.COc1cc(Nc2ncc(Br)c(Oc3ccccc3CC(=O)C3CC3)n2)cc(OC)c1OC. The van der Waals surface area contributed by atoms with E-state index in [1.165, 1.54) is 21.3 Å². The van der Waals surface area contributed by atoms with Gasteiger partial charge in [-0.2, -0.15) is 19.9 Å². The second kappa shape index (κ2) is 44.9. The Morgan fingerprint density at radius 3 is 1.01 bits per heavy atom. The first-order chi connectivity index (χ1) is 58.7. The minimum absolute atomic E-state index is 0.0171. The van der Waals surface area contributed by atoms with Gasteiger partial charge in [0.2, 0.25) is 64.4 Å². The minimum Gasteiger partial charge on any atom is -0.493 e. The lowest BCUT2D eigenvalue weighted by atomic mass is 10.1. The number of benzene rings is 8. The first kappa shape index (κ1) is 90.6. The number of methoxy groups -OCH3 is 13. The van der Waals surface area contributed by atoms with Gasteiger partial charge in [-0.05, 0) is 113 Å². The highest BCUT2D eigenvalue weighted by Crippen LogP contribution is 2.46. The van der Waals surface area contributed by atoms with Crippen LogP contribution >= 0.6 is 63.7 Å². The summed E-state index contributed by atoms with van der Waals surface area (Å²) < 4.78 is 90.2. The predicted molar refractivity (Wildman–Crippen MR) is 472 cm³/mol. The van der Waals surface area contributed by atoms with Gasteiger partial charge in [-0.25, -0.2) is 19.9 Å². The second-order valence-electron chi connectivity index (χ2n) is 25.2. The van der Waals surface area contributed by atoms with Gasteiger partial charge in [0.15, 0.2) is 51.8 Å². The summed E-state index contributed by atoms with van der Waals surface area (Å²) >= 11 is 13.7. The number of para-hydroxylation sites is 4. The number of carbonyl (C=O) groups is 2. The highest BCUT2D eigenvalue weighted by molar-refractivity contribution is 9.11. The maximum atomic E-state index is 12.3. The van der Waals surface area contributed by atoms with Crippen LogP contribution < -0.4 is 97.6 Å². The van der Waals surface area contributed by atoms with Crippen molar-refractivity contribution in [2.75, 3.05) is 119 Å². The van der Waals surface area contributed by atoms with Gasteiger partial charge >= 0.3 is 0 Å². The van der Waals surface area contributed by atoms with Crippen LogP contribution in [0.3, 0.4) is 0 Å². The topological polar surface area (TPSA) is 345 Å². The third kappa shape index (κ3) is 24.5. The van der Waals surface area contributed by atoms with Crippen molar-refractivity contribution in [2.45, 2.75) is 39.2 Å². The summed E-state index contributed by atoms with van der Waals surface area (Å²) in [6.45, 7) is 2.23. The molecule has 35 heteroatoms. The van der Waals surface area contributed by atoms with E-state index in [0.717, 1.165) is 34.1 Å². The average Bonchev–Trinajstić information content (AvgIpc) is 1.63. The fraction of sp³-hybridized carbons (Fsp3) is 0.233. The quantitative estimate of drug-likeness (QED) is 0.0230. The summed E-state index contributed by atoms with van der Waals surface area (Å²) in [6, 6.07) is 46.0. The number of Topliss-reactive ketones (excluding diaryl/α,β-unsaturated/α-hetero) is 2. The van der Waals surface area contributed by atoms with Crippen molar-refractivity contribution in [1.29, 1.82) is 0 Å². The molecule has 1 aliphatic rings. The molecule has 5 N–H and O–H groups in total. The molecule has 1 saturated carbocycles. The van der Waals surface area contributed by atoms with E-state index in [2.05, 4.69) is 130 Å². The molecule has 31 nitrogen and oxygen atoms in total. The van der Waals surface area contributed by atoms with Crippen molar-refractivity contribution in [3.8, 4) is 104 Å². The number of anilines is 10. The van der Waals surface area contributed by atoms with Gasteiger partial charge in [-0.15, -0.1) is 0 Å². The Kier molecular flexibility index (Phi) is 33.6. The lowest BCUT2D eigenvalue weighted by molar-refractivity contribution is -0.119. The number of ether oxygens (including phenoxy) is 16. The van der Waals surface area contributed by atoms with Gasteiger partial charge in [0.25, 0.3) is 0 Å². The van der Waals surface area contributed by atoms with Gasteiger partial charge < -0.3 is 102 Å². The van der Waals surface area contributed by atoms with Crippen LogP contribution in [0, 0.1) is 5.92 Å². The maximum absolute atomic E-state index is 12.3. The van der Waals surface area contributed by atoms with Crippen LogP contribution in [-0.4, -0.2) is 144 Å². The number of rotatable bonds is 35. The lowest BCUT2D eigenvalue weighted by Crippen LogP contribution is -2.06. The summed E-state index contributed by atoms with van der Waals surface area (Å²) in [6.07, 6.45) is 9.14. The molecule has 632 valence electrons. The zero-order chi connectivity index (χ0) is 86.5. The summed E-state index contributed by atoms with van der Waals surface area (Å²) in [4.78, 5) is 59.7. The Morgan fingerprint density at radius 2 is 0.661 bits per heavy atom. The number of carbonyl (C=O) groups excluding carboxylic acids is 2. The average molecular weight is 1910 g/mol. The molecule has 0 bridgehead atoms. The van der Waals surface area contributed by atoms with E-state index in [4.69, 9.17) is 75.8 Å². The maximum Gasteiger partial charge on any atom is 0.238 e. The van der Waals surface area contributed by atoms with E-state index >= 15 is 0 Å². The Hall–Kier alpha value is -12.7. The highest BCUT2D eigenvalue weighted by Gasteiger charge is 2.30. The predicted octanol–water partition coefficient (Wildman–Crippen LogP) is 20.4. The van der Waals surface area contributed by atoms with Crippen molar-refractivity contribution in [1.82, 2.24) is 39.9 Å². The zero-order valence-corrected chi connectivity index (χ0v) is 74.6. The molecule has 0 radical (unpaired) electrons. The van der Waals surface area contributed by atoms with Crippen LogP contribution in [0.5, 0.6) is 104 Å². The summed E-state index contributed by atoms with van der Waals surface area (Å²) in [5.74, 6) is 11.1. The lowest BCUT2D eigenvalue weighted by Gasteiger charge is -2.15. The molecular formula is C86H87Br4N13O18. The second-order valence-corrected chi connectivity index (χ2v) is 28.6. The number of aromatic nitrogens is 8. The van der Waals surface area contributed by atoms with E-state index in [9.17, 15) is 9.59 Å². The number of nitrogens with one attached hydrogen (secondary N) is 5. The van der Waals surface area contributed by atoms with Crippen LogP contribution in [0.25, 0.3) is 0 Å². The van der Waals surface area contributed by atoms with E-state index in [1.807, 2.05) is 78.9 Å². The first-order valence-electron chi connectivity index (χ1n) is 36.8. The van der Waals surface area contributed by atoms with Crippen molar-refractivity contribution < 1.29 is 85.4 Å². The molecule has 0 atom stereocenters. The smallest absolute Gasteiger partial charge is 0.238 e. The molecule has 12 aromatic rings. The van der Waals surface area contributed by atoms with Gasteiger partial charge in [0.1, 0.15) is 28.8 Å². The largest absolute Gasteiger partial charge is 0.493 e. The Labute approximate surface area is 732 Å². The number of halogens is 4. The van der Waals surface area contributed by atoms with Crippen LogP contribution in [0.1, 0.15) is 47.7 Å². The molecule has 13 rings (SSSR count). The number of nitrogens with zero attached hydrogens (tertiary/aromatic N) is 8. The van der Waals surface area contributed by atoms with Crippen molar-refractivity contribution in [3.05, 3.63) is 211 Å². The van der Waals surface area contributed by atoms with Crippen LogP contribution in [0.4, 0.5) is 58.0 Å². The molecule has 0 saturated heterocycles. The highest BCUT2D eigenvalue weighted by atomic mass is 79.9. The van der Waals surface area contributed by atoms with Crippen molar-refractivity contribution in [2.24, 2.45) is 5.92 Å². The van der Waals surface area contributed by atoms with Crippen molar-refractivity contribution >= 4 is 133 Å². The third-order valence-electron chi connectivity index (χ3n) is 17.4. The fourth-order valence-corrected chi connectivity index (χ4v) is 12.5. The van der Waals surface area contributed by atoms with Gasteiger partial charge in [-0.3, -0.25) is 9.59 Å². The molecule has 8 aromatic carbocycles. The third-order valence-corrected chi connectivity index (χ3v) is 19.6. The molecule has 1 fully saturated rings. The summed E-state index contributed by atoms with van der Waals surface area (Å²) in [5, 5.41) is 15.8. The minimum atomic E-state index is -0.0171. The summed E-state index contributed by atoms with van der Waals surface area (Å²) in [7, 11) is 20.3. The molecular weight excluding hydrogens is 1820 g/mol. The number of ketones is 2. The number of hydrogen-bond donors (Lipinski definition) is 5. The van der Waals surface area contributed by atoms with E-state index < -0.39 is 0 Å². The molecule has 1 aliphatic carbocycles. The molecule has 0 unspecified atom stereocenters. The normalized spacial score (nSPS) is 11.0. The molecule has 121 heavy (non-hydrogen) atoms. The van der Waals surface area contributed by atoms with E-state index in [0.29, 0.717) is 183 Å². The molecule has 0 spiro atoms. The first-order valence-corrected chi connectivity index (χ1v) is 40.0. The van der Waals surface area contributed by atoms with Crippen LogP contribution in [0.15, 0.2) is 194 Å². The Bertz CT molecular complexity index is 5430. The molecule has 4 heterocycles. The Balaban J connectivity index is 0.000000170. The zero-order valence-electron chi connectivity index (χ0n) is 68.3. The van der Waals surface area contributed by atoms with Gasteiger partial charge in [0, 0.05) is 120 Å². The van der Waals surface area contributed by atoms with Crippen molar-refractivity contribution in [3.63, 3.8) is 0 Å².